The molecule has 1 unspecified atom stereocenters. The van der Waals surface area contributed by atoms with Crippen molar-refractivity contribution in [2.24, 2.45) is 0 Å². The minimum absolute atomic E-state index is 0.175. The first-order chi connectivity index (χ1) is 15.6. The van der Waals surface area contributed by atoms with Gasteiger partial charge in [0, 0.05) is 45.9 Å². The lowest BCUT2D eigenvalue weighted by molar-refractivity contribution is -0.119. The standard InChI is InChI=1S/C25H25N5O2/c1-16(30-13-5-12-26-30)24(31)27-18-6-4-7-19(15-18)28-25(32)17-10-11-23-21(14-17)20-8-2-3-9-22(20)29-23/h4-7,10-16,29H,2-3,8-9H2,1H3,(H,27,31)(H,28,32). The maximum Gasteiger partial charge on any atom is 0.255 e. The lowest BCUT2D eigenvalue weighted by Gasteiger charge is -2.13. The minimum Gasteiger partial charge on any atom is -0.358 e. The van der Waals surface area contributed by atoms with Gasteiger partial charge in [-0.3, -0.25) is 14.3 Å². The molecular formula is C25H25N5O2. The van der Waals surface area contributed by atoms with Gasteiger partial charge in [0.05, 0.1) is 0 Å². The molecule has 1 aliphatic rings. The Morgan fingerprint density at radius 3 is 2.66 bits per heavy atom. The molecule has 2 amide bonds. The number of aromatic amines is 1. The summed E-state index contributed by atoms with van der Waals surface area (Å²) in [5.74, 6) is -0.356. The van der Waals surface area contributed by atoms with Crippen LogP contribution in [-0.2, 0) is 17.6 Å². The Morgan fingerprint density at radius 1 is 1.03 bits per heavy atom. The maximum atomic E-state index is 12.9. The zero-order valence-electron chi connectivity index (χ0n) is 17.9. The molecule has 5 rings (SSSR count). The predicted octanol–water partition coefficient (Wildman–Crippen LogP) is 4.70. The highest BCUT2D eigenvalue weighted by Crippen LogP contribution is 2.30. The van der Waals surface area contributed by atoms with Crippen molar-refractivity contribution in [3.05, 3.63) is 77.7 Å². The number of anilines is 2. The van der Waals surface area contributed by atoms with Crippen LogP contribution in [0.2, 0.25) is 0 Å². The monoisotopic (exact) mass is 427 g/mol. The second-order valence-electron chi connectivity index (χ2n) is 8.24. The summed E-state index contributed by atoms with van der Waals surface area (Å²) in [6.07, 6.45) is 7.91. The van der Waals surface area contributed by atoms with E-state index in [1.165, 1.54) is 24.1 Å². The molecule has 0 aliphatic heterocycles. The number of hydrogen-bond acceptors (Lipinski definition) is 3. The van der Waals surface area contributed by atoms with Crippen LogP contribution in [-0.4, -0.2) is 26.6 Å². The second kappa shape index (κ2) is 8.34. The fourth-order valence-electron chi connectivity index (χ4n) is 4.30. The number of aromatic nitrogens is 3. The summed E-state index contributed by atoms with van der Waals surface area (Å²) in [6, 6.07) is 14.3. The van der Waals surface area contributed by atoms with Crippen molar-refractivity contribution in [2.75, 3.05) is 10.6 Å². The van der Waals surface area contributed by atoms with E-state index in [4.69, 9.17) is 0 Å². The van der Waals surface area contributed by atoms with Crippen molar-refractivity contribution >= 4 is 34.1 Å². The number of benzene rings is 2. The van der Waals surface area contributed by atoms with Gasteiger partial charge in [-0.05, 0) is 80.6 Å². The summed E-state index contributed by atoms with van der Waals surface area (Å²) in [5, 5.41) is 11.1. The van der Waals surface area contributed by atoms with E-state index in [-0.39, 0.29) is 11.8 Å². The average molecular weight is 428 g/mol. The second-order valence-corrected chi connectivity index (χ2v) is 8.24. The first-order valence-corrected chi connectivity index (χ1v) is 10.9. The third-order valence-electron chi connectivity index (χ3n) is 6.05. The Labute approximate surface area is 185 Å². The molecule has 1 atom stereocenters. The van der Waals surface area contributed by atoms with E-state index in [0.717, 1.165) is 23.7 Å². The van der Waals surface area contributed by atoms with Gasteiger partial charge in [-0.2, -0.15) is 5.10 Å². The summed E-state index contributed by atoms with van der Waals surface area (Å²) in [5.41, 5.74) is 5.59. The summed E-state index contributed by atoms with van der Waals surface area (Å²) in [6.45, 7) is 1.78. The Kier molecular flexibility index (Phi) is 5.23. The number of carbonyl (C=O) groups is 2. The third kappa shape index (κ3) is 3.89. The van der Waals surface area contributed by atoms with Crippen molar-refractivity contribution in [3.63, 3.8) is 0 Å². The lowest BCUT2D eigenvalue weighted by atomic mass is 9.95. The zero-order chi connectivity index (χ0) is 22.1. The van der Waals surface area contributed by atoms with Crippen LogP contribution >= 0.6 is 0 Å². The van der Waals surface area contributed by atoms with Gasteiger partial charge >= 0.3 is 0 Å². The van der Waals surface area contributed by atoms with E-state index in [1.807, 2.05) is 18.2 Å². The highest BCUT2D eigenvalue weighted by Gasteiger charge is 2.18. The largest absolute Gasteiger partial charge is 0.358 e. The van der Waals surface area contributed by atoms with Gasteiger partial charge in [-0.1, -0.05) is 6.07 Å². The fraction of sp³-hybridized carbons (Fsp3) is 0.240. The van der Waals surface area contributed by atoms with Gasteiger partial charge in [0.1, 0.15) is 6.04 Å². The lowest BCUT2D eigenvalue weighted by Crippen LogP contribution is -2.24. The van der Waals surface area contributed by atoms with E-state index in [0.29, 0.717) is 16.9 Å². The molecule has 2 aromatic heterocycles. The Bertz CT molecular complexity index is 1290. The number of amides is 2. The molecular weight excluding hydrogens is 402 g/mol. The van der Waals surface area contributed by atoms with E-state index < -0.39 is 6.04 Å². The first-order valence-electron chi connectivity index (χ1n) is 10.9. The van der Waals surface area contributed by atoms with Crippen LogP contribution < -0.4 is 10.6 Å². The van der Waals surface area contributed by atoms with Crippen molar-refractivity contribution in [1.29, 1.82) is 0 Å². The van der Waals surface area contributed by atoms with Crippen LogP contribution in [0.3, 0.4) is 0 Å². The number of H-pyrrole nitrogens is 1. The number of rotatable bonds is 5. The average Bonchev–Trinajstić information content (AvgIpc) is 3.46. The van der Waals surface area contributed by atoms with Crippen LogP contribution in [0.1, 0.15) is 47.4 Å². The van der Waals surface area contributed by atoms with Gasteiger partial charge < -0.3 is 15.6 Å². The minimum atomic E-state index is -0.442. The quantitative estimate of drug-likeness (QED) is 0.431. The number of hydrogen-bond donors (Lipinski definition) is 3. The van der Waals surface area contributed by atoms with Crippen LogP contribution in [0.25, 0.3) is 10.9 Å². The Hall–Kier alpha value is -3.87. The molecule has 162 valence electrons. The number of fused-ring (bicyclic) bond motifs is 3. The molecule has 32 heavy (non-hydrogen) atoms. The normalized spacial score (nSPS) is 14.0. The molecule has 0 fully saturated rings. The fourth-order valence-corrected chi connectivity index (χ4v) is 4.30. The predicted molar refractivity (Wildman–Crippen MR) is 125 cm³/mol. The van der Waals surface area contributed by atoms with Crippen LogP contribution in [0.5, 0.6) is 0 Å². The molecule has 7 heteroatoms. The van der Waals surface area contributed by atoms with Gasteiger partial charge in [-0.15, -0.1) is 0 Å². The summed E-state index contributed by atoms with van der Waals surface area (Å²) in [4.78, 5) is 28.9. The topological polar surface area (TPSA) is 91.8 Å². The number of aryl methyl sites for hydroxylation is 2. The maximum absolute atomic E-state index is 12.9. The van der Waals surface area contributed by atoms with E-state index in [1.54, 1.807) is 54.3 Å². The van der Waals surface area contributed by atoms with Crippen molar-refractivity contribution in [3.8, 4) is 0 Å². The van der Waals surface area contributed by atoms with E-state index >= 15 is 0 Å². The summed E-state index contributed by atoms with van der Waals surface area (Å²) >= 11 is 0. The molecule has 0 saturated carbocycles. The van der Waals surface area contributed by atoms with Crippen molar-refractivity contribution in [1.82, 2.24) is 14.8 Å². The smallest absolute Gasteiger partial charge is 0.255 e. The van der Waals surface area contributed by atoms with Crippen LogP contribution in [0, 0.1) is 0 Å². The molecule has 0 radical (unpaired) electrons. The molecule has 3 N–H and O–H groups in total. The van der Waals surface area contributed by atoms with E-state index in [2.05, 4.69) is 20.7 Å². The van der Waals surface area contributed by atoms with Gasteiger partial charge in [-0.25, -0.2) is 0 Å². The van der Waals surface area contributed by atoms with Gasteiger partial charge in [0.25, 0.3) is 5.91 Å². The highest BCUT2D eigenvalue weighted by atomic mass is 16.2. The molecule has 2 aromatic carbocycles. The Balaban J connectivity index is 1.31. The zero-order valence-corrected chi connectivity index (χ0v) is 17.9. The van der Waals surface area contributed by atoms with Crippen LogP contribution in [0.15, 0.2) is 60.9 Å². The summed E-state index contributed by atoms with van der Waals surface area (Å²) < 4.78 is 1.59. The summed E-state index contributed by atoms with van der Waals surface area (Å²) in [7, 11) is 0. The Morgan fingerprint density at radius 2 is 1.84 bits per heavy atom. The van der Waals surface area contributed by atoms with Crippen molar-refractivity contribution in [2.45, 2.75) is 38.6 Å². The molecule has 0 bridgehead atoms. The SMILES string of the molecule is CC(C(=O)Nc1cccc(NC(=O)c2ccc3[nH]c4c(c3c2)CCCC4)c1)n1cccn1. The molecule has 7 nitrogen and oxygen atoms in total. The van der Waals surface area contributed by atoms with Gasteiger partial charge in [0.15, 0.2) is 0 Å². The number of nitrogens with zero attached hydrogens (tertiary/aromatic N) is 2. The number of nitrogens with one attached hydrogen (secondary N) is 3. The van der Waals surface area contributed by atoms with Crippen LogP contribution in [0.4, 0.5) is 11.4 Å². The van der Waals surface area contributed by atoms with Crippen molar-refractivity contribution < 1.29 is 9.59 Å². The molecule has 4 aromatic rings. The molecule has 0 saturated heterocycles. The highest BCUT2D eigenvalue weighted by molar-refractivity contribution is 6.07. The molecule has 1 aliphatic carbocycles. The molecule has 2 heterocycles. The number of carbonyl (C=O) groups excluding carboxylic acids is 2. The first kappa shape index (κ1) is 20.1. The third-order valence-corrected chi connectivity index (χ3v) is 6.05. The van der Waals surface area contributed by atoms with Gasteiger partial charge in [0.2, 0.25) is 5.91 Å². The van der Waals surface area contributed by atoms with E-state index in [9.17, 15) is 9.59 Å². The molecule has 0 spiro atoms.